The molecule has 0 aliphatic carbocycles. The number of nitrogens with zero attached hydrogens (tertiary/aromatic N) is 2. The number of hydrogen-bond donors (Lipinski definition) is 2. The molecule has 120 valence electrons. The number of halogens is 1. The van der Waals surface area contributed by atoms with Gasteiger partial charge in [-0.15, -0.1) is 0 Å². The largest absolute Gasteiger partial charge is 0.355 e. The molecule has 2 aliphatic heterocycles. The van der Waals surface area contributed by atoms with Crippen molar-refractivity contribution < 1.29 is 0 Å². The maximum absolute atomic E-state index is 4.69. The Morgan fingerprint density at radius 3 is 1.92 bits per heavy atom. The third-order valence-electron chi connectivity index (χ3n) is 4.16. The van der Waals surface area contributed by atoms with Crippen LogP contribution in [0.4, 0.5) is 0 Å². The van der Waals surface area contributed by atoms with Crippen LogP contribution in [-0.4, -0.2) is 19.9 Å². The van der Waals surface area contributed by atoms with E-state index >= 15 is 0 Å². The molecule has 3 aromatic rings. The Labute approximate surface area is 152 Å². The number of aromatic amines is 2. The van der Waals surface area contributed by atoms with Crippen molar-refractivity contribution >= 4 is 62.3 Å². The van der Waals surface area contributed by atoms with Crippen molar-refractivity contribution in [2.75, 3.05) is 0 Å². The first-order valence-electron chi connectivity index (χ1n) is 7.96. The first-order valence-corrected chi connectivity index (χ1v) is 8.75. The summed E-state index contributed by atoms with van der Waals surface area (Å²) in [5, 5.41) is 0. The summed E-state index contributed by atoms with van der Waals surface area (Å²) >= 11 is 3.66. The Bertz CT molecular complexity index is 1210. The van der Waals surface area contributed by atoms with Gasteiger partial charge in [-0.1, -0.05) is 0 Å². The maximum atomic E-state index is 4.69. The predicted molar refractivity (Wildman–Crippen MR) is 107 cm³/mol. The molecule has 5 heterocycles. The lowest BCUT2D eigenvalue weighted by Crippen LogP contribution is -1.78. The molecule has 4 nitrogen and oxygen atoms in total. The standard InChI is InChI=1S/C20H13BrN4/c21-20-18-7-5-16(24-18)10-14-3-1-12(22-14)9-13-2-4-15(23-13)11-17-6-8-19(20)25-17/h1-11,22,25H. The van der Waals surface area contributed by atoms with Crippen LogP contribution in [0.3, 0.4) is 0 Å². The van der Waals surface area contributed by atoms with E-state index in [9.17, 15) is 0 Å². The van der Waals surface area contributed by atoms with Crippen LogP contribution in [0, 0.1) is 0 Å². The van der Waals surface area contributed by atoms with E-state index in [1.54, 1.807) is 0 Å². The highest BCUT2D eigenvalue weighted by Crippen LogP contribution is 2.24. The van der Waals surface area contributed by atoms with Crippen molar-refractivity contribution in [1.82, 2.24) is 19.9 Å². The molecule has 0 amide bonds. The predicted octanol–water partition coefficient (Wildman–Crippen LogP) is 5.42. The zero-order valence-electron chi connectivity index (χ0n) is 13.1. The van der Waals surface area contributed by atoms with Crippen LogP contribution >= 0.6 is 15.9 Å². The first-order chi connectivity index (χ1) is 12.2. The van der Waals surface area contributed by atoms with Crippen molar-refractivity contribution in [3.63, 3.8) is 0 Å². The highest BCUT2D eigenvalue weighted by Gasteiger charge is 2.05. The molecule has 2 aliphatic rings. The number of H-pyrrole nitrogens is 2. The molecule has 5 heteroatoms. The van der Waals surface area contributed by atoms with E-state index in [-0.39, 0.29) is 0 Å². The van der Waals surface area contributed by atoms with Gasteiger partial charge in [-0.3, -0.25) is 0 Å². The van der Waals surface area contributed by atoms with E-state index in [2.05, 4.69) is 35.9 Å². The van der Waals surface area contributed by atoms with E-state index in [1.807, 2.05) is 66.8 Å². The molecule has 25 heavy (non-hydrogen) atoms. The Kier molecular flexibility index (Phi) is 3.21. The van der Waals surface area contributed by atoms with Gasteiger partial charge in [0.15, 0.2) is 0 Å². The smallest absolute Gasteiger partial charge is 0.0800 e. The lowest BCUT2D eigenvalue weighted by atomic mass is 10.3. The van der Waals surface area contributed by atoms with Gasteiger partial charge in [-0.2, -0.15) is 0 Å². The van der Waals surface area contributed by atoms with Gasteiger partial charge in [0.25, 0.3) is 0 Å². The summed E-state index contributed by atoms with van der Waals surface area (Å²) in [5.74, 6) is 0. The number of fused-ring (bicyclic) bond motifs is 8. The average molecular weight is 389 g/mol. The Morgan fingerprint density at radius 1 is 0.640 bits per heavy atom. The van der Waals surface area contributed by atoms with Crippen LogP contribution in [0.25, 0.3) is 46.4 Å². The van der Waals surface area contributed by atoms with Crippen LogP contribution in [-0.2, 0) is 0 Å². The normalized spacial score (nSPS) is 12.7. The summed E-state index contributed by atoms with van der Waals surface area (Å²) in [6.45, 7) is 0. The third kappa shape index (κ3) is 2.72. The molecule has 0 saturated heterocycles. The number of nitrogens with one attached hydrogen (secondary N) is 2. The van der Waals surface area contributed by atoms with Gasteiger partial charge in [0.05, 0.1) is 32.8 Å². The minimum absolute atomic E-state index is 0.902. The van der Waals surface area contributed by atoms with E-state index in [4.69, 9.17) is 0 Å². The van der Waals surface area contributed by atoms with Crippen LogP contribution in [0.15, 0.2) is 46.9 Å². The van der Waals surface area contributed by atoms with Gasteiger partial charge in [-0.05, 0) is 82.7 Å². The summed E-state index contributed by atoms with van der Waals surface area (Å²) in [4.78, 5) is 16.1. The fourth-order valence-corrected chi connectivity index (χ4v) is 3.43. The van der Waals surface area contributed by atoms with Crippen LogP contribution in [0.5, 0.6) is 0 Å². The van der Waals surface area contributed by atoms with E-state index < -0.39 is 0 Å². The van der Waals surface area contributed by atoms with E-state index in [1.165, 1.54) is 0 Å². The van der Waals surface area contributed by atoms with Gasteiger partial charge in [0.2, 0.25) is 0 Å². The summed E-state index contributed by atoms with van der Waals surface area (Å²) < 4.78 is 0.940. The second kappa shape index (κ2) is 5.57. The molecule has 0 unspecified atom stereocenters. The van der Waals surface area contributed by atoms with Gasteiger partial charge in [0, 0.05) is 16.6 Å². The molecule has 0 radical (unpaired) electrons. The minimum atomic E-state index is 0.902. The summed E-state index contributed by atoms with van der Waals surface area (Å²) in [7, 11) is 0. The van der Waals surface area contributed by atoms with Crippen molar-refractivity contribution in [1.29, 1.82) is 0 Å². The number of aromatic nitrogens is 4. The molecule has 0 fully saturated rings. The van der Waals surface area contributed by atoms with Crippen molar-refractivity contribution in [3.8, 4) is 0 Å². The fourth-order valence-electron chi connectivity index (χ4n) is 2.97. The topological polar surface area (TPSA) is 57.4 Å². The maximum Gasteiger partial charge on any atom is 0.0800 e. The minimum Gasteiger partial charge on any atom is -0.355 e. The molecular weight excluding hydrogens is 376 g/mol. The summed E-state index contributed by atoms with van der Waals surface area (Å²) in [6, 6.07) is 14.3. The van der Waals surface area contributed by atoms with Crippen LogP contribution < -0.4 is 0 Å². The average Bonchev–Trinajstić information content (AvgIpc) is 3.36. The Hall–Kier alpha value is -2.92. The van der Waals surface area contributed by atoms with Gasteiger partial charge < -0.3 is 9.97 Å². The molecule has 0 spiro atoms. The molecule has 0 aromatic carbocycles. The number of rotatable bonds is 0. The quantitative estimate of drug-likeness (QED) is 0.372. The zero-order chi connectivity index (χ0) is 16.8. The van der Waals surface area contributed by atoms with Gasteiger partial charge in [0.1, 0.15) is 0 Å². The fraction of sp³-hybridized carbons (Fsp3) is 0. The zero-order valence-corrected chi connectivity index (χ0v) is 14.7. The molecule has 8 bridgehead atoms. The summed E-state index contributed by atoms with van der Waals surface area (Å²) in [5.41, 5.74) is 7.70. The first kappa shape index (κ1) is 14.4. The highest BCUT2D eigenvalue weighted by molar-refractivity contribution is 9.10. The van der Waals surface area contributed by atoms with Crippen molar-refractivity contribution in [3.05, 3.63) is 69.7 Å². The second-order valence-corrected chi connectivity index (χ2v) is 6.79. The monoisotopic (exact) mass is 388 g/mol. The van der Waals surface area contributed by atoms with Crippen molar-refractivity contribution in [2.45, 2.75) is 0 Å². The number of hydrogen-bond acceptors (Lipinski definition) is 2. The third-order valence-corrected chi connectivity index (χ3v) is 4.99. The molecule has 2 N–H and O–H groups in total. The molecule has 5 rings (SSSR count). The molecule has 0 atom stereocenters. The lowest BCUT2D eigenvalue weighted by Gasteiger charge is -1.91. The van der Waals surface area contributed by atoms with Crippen molar-refractivity contribution in [2.24, 2.45) is 0 Å². The SMILES string of the molecule is Brc1c2nc(cc3ccc(cc4nc(cc5ccc1[nH]5)C=C4)[nH]3)C=C2. The van der Waals surface area contributed by atoms with Crippen LogP contribution in [0.2, 0.25) is 0 Å². The molecule has 3 aromatic heterocycles. The Morgan fingerprint density at radius 2 is 1.20 bits per heavy atom. The lowest BCUT2D eigenvalue weighted by molar-refractivity contribution is 1.30. The van der Waals surface area contributed by atoms with Gasteiger partial charge in [-0.25, -0.2) is 9.97 Å². The van der Waals surface area contributed by atoms with E-state index in [0.717, 1.165) is 49.3 Å². The highest BCUT2D eigenvalue weighted by atomic mass is 79.9. The van der Waals surface area contributed by atoms with Gasteiger partial charge >= 0.3 is 0 Å². The molecular formula is C20H13BrN4. The summed E-state index contributed by atoms with van der Waals surface area (Å²) in [6.07, 6.45) is 8.06. The Balaban J connectivity index is 1.88. The second-order valence-electron chi connectivity index (χ2n) is 5.99. The van der Waals surface area contributed by atoms with Crippen LogP contribution in [0.1, 0.15) is 22.8 Å². The molecule has 0 saturated carbocycles. The van der Waals surface area contributed by atoms with E-state index in [0.29, 0.717) is 0 Å².